The molecule has 37 heavy (non-hydrogen) atoms. The van der Waals surface area contributed by atoms with Crippen molar-refractivity contribution in [3.63, 3.8) is 0 Å². The lowest BCUT2D eigenvalue weighted by atomic mass is 9.63. The fraction of sp³-hybridized carbons (Fsp3) is 0.600. The summed E-state index contributed by atoms with van der Waals surface area (Å²) in [6.07, 6.45) is 6.29. The van der Waals surface area contributed by atoms with Crippen molar-refractivity contribution < 1.29 is 14.7 Å². The predicted molar refractivity (Wildman–Crippen MR) is 155 cm³/mol. The van der Waals surface area contributed by atoms with Gasteiger partial charge >= 0.3 is 0 Å². The van der Waals surface area contributed by atoms with E-state index in [0.717, 1.165) is 41.4 Å². The zero-order chi connectivity index (χ0) is 27.6. The Balaban J connectivity index is 2.47. The number of nitrogens with zero attached hydrogens (tertiary/aromatic N) is 1. The molecule has 1 aliphatic rings. The normalized spacial score (nSPS) is 19.2. The van der Waals surface area contributed by atoms with Crippen molar-refractivity contribution in [2.24, 2.45) is 23.0 Å². The van der Waals surface area contributed by atoms with E-state index in [1.165, 1.54) is 0 Å². The van der Waals surface area contributed by atoms with Crippen LogP contribution in [0.3, 0.4) is 0 Å². The van der Waals surface area contributed by atoms with E-state index < -0.39 is 23.3 Å². The van der Waals surface area contributed by atoms with Gasteiger partial charge in [0.15, 0.2) is 0 Å². The van der Waals surface area contributed by atoms with Gasteiger partial charge in [-0.1, -0.05) is 73.5 Å². The van der Waals surface area contributed by atoms with Crippen LogP contribution in [0.5, 0.6) is 0 Å². The van der Waals surface area contributed by atoms with E-state index in [9.17, 15) is 14.7 Å². The molecular formula is C30H46BrN3O3. The second kappa shape index (κ2) is 14.8. The highest BCUT2D eigenvalue weighted by atomic mass is 79.9. The van der Waals surface area contributed by atoms with Gasteiger partial charge in [0.2, 0.25) is 11.8 Å². The summed E-state index contributed by atoms with van der Waals surface area (Å²) in [4.78, 5) is 28.8. The van der Waals surface area contributed by atoms with Crippen LogP contribution in [-0.2, 0) is 16.0 Å². The molecule has 6 nitrogen and oxygen atoms in total. The molecule has 1 unspecified atom stereocenters. The second-order valence-corrected chi connectivity index (χ2v) is 11.7. The van der Waals surface area contributed by atoms with Crippen LogP contribution in [0.15, 0.2) is 52.0 Å². The van der Waals surface area contributed by atoms with Crippen LogP contribution in [0.1, 0.15) is 65.9 Å². The predicted octanol–water partition coefficient (Wildman–Crippen LogP) is 5.00. The summed E-state index contributed by atoms with van der Waals surface area (Å²) < 4.78 is 0.933. The maximum absolute atomic E-state index is 13.6. The van der Waals surface area contributed by atoms with Gasteiger partial charge in [-0.15, -0.1) is 0 Å². The van der Waals surface area contributed by atoms with E-state index in [0.29, 0.717) is 37.5 Å². The van der Waals surface area contributed by atoms with Gasteiger partial charge in [0, 0.05) is 35.6 Å². The molecule has 0 spiro atoms. The molecule has 0 saturated heterocycles. The minimum atomic E-state index is -1.19. The Morgan fingerprint density at radius 3 is 2.46 bits per heavy atom. The lowest BCUT2D eigenvalue weighted by molar-refractivity contribution is -0.132. The van der Waals surface area contributed by atoms with Gasteiger partial charge in [-0.3, -0.25) is 9.59 Å². The number of amides is 2. The van der Waals surface area contributed by atoms with Gasteiger partial charge in [0.1, 0.15) is 0 Å². The van der Waals surface area contributed by atoms with Crippen molar-refractivity contribution in [3.05, 3.63) is 57.6 Å². The number of aliphatic hydroxyl groups excluding tert-OH is 1. The van der Waals surface area contributed by atoms with E-state index in [1.54, 1.807) is 0 Å². The number of rotatable bonds is 15. The number of benzene rings is 1. The Hall–Kier alpha value is -1.96. The van der Waals surface area contributed by atoms with Crippen molar-refractivity contribution in [1.82, 2.24) is 10.2 Å². The Bertz CT molecular complexity index is 969. The molecule has 0 radical (unpaired) electrons. The monoisotopic (exact) mass is 575 g/mol. The molecule has 0 heterocycles. The van der Waals surface area contributed by atoms with E-state index in [4.69, 9.17) is 5.73 Å². The SMILES string of the molecule is CCCN(CCC)C(=O)C1=CC(C)=CC(C(N)=O)([C@H](Cc2cccc(Br)c2)[C@@H](O)CNCCC(C)C)C1. The molecule has 1 aromatic rings. The Morgan fingerprint density at radius 2 is 1.89 bits per heavy atom. The number of carbonyl (C=O) groups is 2. The van der Waals surface area contributed by atoms with Gasteiger partial charge in [0.05, 0.1) is 11.5 Å². The van der Waals surface area contributed by atoms with Crippen molar-refractivity contribution in [2.45, 2.75) is 72.8 Å². The van der Waals surface area contributed by atoms with Gasteiger partial charge < -0.3 is 21.1 Å². The third kappa shape index (κ3) is 8.79. The first-order chi connectivity index (χ1) is 17.5. The minimum absolute atomic E-state index is 0.0486. The third-order valence-electron chi connectivity index (χ3n) is 7.10. The molecule has 206 valence electrons. The van der Waals surface area contributed by atoms with Crippen LogP contribution < -0.4 is 11.1 Å². The summed E-state index contributed by atoms with van der Waals surface area (Å²) in [5.41, 5.74) is 7.37. The standard InChI is InChI=1S/C30H46BrN3O3/c1-6-13-34(14-7-2)28(36)24-15-22(5)18-30(19-24,29(32)37)26(17-23-9-8-10-25(31)16-23)27(35)20-33-12-11-21(3)4/h8-10,15-16,18,21,26-27,33,35H,6-7,11-14,17,19-20H2,1-5H3,(H2,32,37)/t26-,27+,30?/m1/s1. The first-order valence-electron chi connectivity index (χ1n) is 13.7. The van der Waals surface area contributed by atoms with E-state index in [2.05, 4.69) is 48.9 Å². The molecule has 0 fully saturated rings. The summed E-state index contributed by atoms with van der Waals surface area (Å²) in [6, 6.07) is 7.90. The average Bonchev–Trinajstić information content (AvgIpc) is 2.83. The van der Waals surface area contributed by atoms with E-state index in [-0.39, 0.29) is 12.3 Å². The molecule has 7 heteroatoms. The molecule has 0 aromatic heterocycles. The molecule has 0 bridgehead atoms. The average molecular weight is 577 g/mol. The Morgan fingerprint density at radius 1 is 1.22 bits per heavy atom. The van der Waals surface area contributed by atoms with Gasteiger partial charge in [-0.2, -0.15) is 0 Å². The number of nitrogens with two attached hydrogens (primary N) is 1. The number of halogens is 1. The van der Waals surface area contributed by atoms with Crippen LogP contribution in [-0.4, -0.2) is 54.1 Å². The summed E-state index contributed by atoms with van der Waals surface area (Å²) in [7, 11) is 0. The highest BCUT2D eigenvalue weighted by Crippen LogP contribution is 2.44. The van der Waals surface area contributed by atoms with Gasteiger partial charge in [0.25, 0.3) is 0 Å². The lowest BCUT2D eigenvalue weighted by Crippen LogP contribution is -2.52. The van der Waals surface area contributed by atoms with Crippen molar-refractivity contribution in [1.29, 1.82) is 0 Å². The first-order valence-corrected chi connectivity index (χ1v) is 14.5. The summed E-state index contributed by atoms with van der Waals surface area (Å²) in [5, 5.41) is 14.9. The van der Waals surface area contributed by atoms with Crippen LogP contribution in [0.4, 0.5) is 0 Å². The molecule has 4 N–H and O–H groups in total. The first kappa shape index (κ1) is 31.3. The Kier molecular flexibility index (Phi) is 12.5. The van der Waals surface area contributed by atoms with Crippen molar-refractivity contribution in [3.8, 4) is 0 Å². The molecule has 1 aliphatic carbocycles. The number of hydrogen-bond donors (Lipinski definition) is 3. The summed E-state index contributed by atoms with van der Waals surface area (Å²) >= 11 is 3.54. The lowest BCUT2D eigenvalue weighted by Gasteiger charge is -2.42. The number of allylic oxidation sites excluding steroid dienone is 2. The van der Waals surface area contributed by atoms with Crippen LogP contribution >= 0.6 is 15.9 Å². The Labute approximate surface area is 231 Å². The fourth-order valence-corrected chi connectivity index (χ4v) is 5.72. The zero-order valence-corrected chi connectivity index (χ0v) is 24.8. The van der Waals surface area contributed by atoms with Gasteiger partial charge in [-0.25, -0.2) is 0 Å². The van der Waals surface area contributed by atoms with Crippen molar-refractivity contribution in [2.75, 3.05) is 26.2 Å². The third-order valence-corrected chi connectivity index (χ3v) is 7.59. The quantitative estimate of drug-likeness (QED) is 0.256. The molecular weight excluding hydrogens is 530 g/mol. The molecule has 0 aliphatic heterocycles. The van der Waals surface area contributed by atoms with E-state index in [1.807, 2.05) is 48.2 Å². The smallest absolute Gasteiger partial charge is 0.249 e. The number of aliphatic hydroxyl groups is 1. The molecule has 0 saturated carbocycles. The number of hydrogen-bond acceptors (Lipinski definition) is 4. The second-order valence-electron chi connectivity index (χ2n) is 10.8. The highest BCUT2D eigenvalue weighted by Gasteiger charge is 2.48. The number of primary amides is 1. The molecule has 2 amide bonds. The topological polar surface area (TPSA) is 95.7 Å². The van der Waals surface area contributed by atoms with Crippen molar-refractivity contribution >= 4 is 27.7 Å². The van der Waals surface area contributed by atoms with Crippen LogP contribution in [0.2, 0.25) is 0 Å². The highest BCUT2D eigenvalue weighted by molar-refractivity contribution is 9.10. The summed E-state index contributed by atoms with van der Waals surface area (Å²) in [6.45, 7) is 12.8. The van der Waals surface area contributed by atoms with Crippen LogP contribution in [0, 0.1) is 17.3 Å². The maximum Gasteiger partial charge on any atom is 0.249 e. The van der Waals surface area contributed by atoms with E-state index >= 15 is 0 Å². The largest absolute Gasteiger partial charge is 0.391 e. The summed E-state index contributed by atoms with van der Waals surface area (Å²) in [5.74, 6) is -0.518. The maximum atomic E-state index is 13.6. The van der Waals surface area contributed by atoms with Crippen LogP contribution in [0.25, 0.3) is 0 Å². The number of nitrogens with one attached hydrogen (secondary N) is 1. The molecule has 2 rings (SSSR count). The zero-order valence-electron chi connectivity index (χ0n) is 23.2. The molecule has 1 aromatic carbocycles. The van der Waals surface area contributed by atoms with Gasteiger partial charge in [-0.05, 0) is 69.2 Å². The fourth-order valence-electron chi connectivity index (χ4n) is 5.28. The molecule has 3 atom stereocenters. The minimum Gasteiger partial charge on any atom is -0.391 e. The number of carbonyl (C=O) groups excluding carboxylic acids is 2.